The molecule has 0 atom stereocenters. The molecule has 3 N–H and O–H groups in total. The number of anilines is 1. The number of carbonyl (C=O) groups excluding carboxylic acids is 2. The van der Waals surface area contributed by atoms with Gasteiger partial charge in [0.15, 0.2) is 0 Å². The Bertz CT molecular complexity index is 1540. The highest BCUT2D eigenvalue weighted by molar-refractivity contribution is 6.04. The molecule has 4 aromatic rings. The number of amides is 2. The van der Waals surface area contributed by atoms with Crippen LogP contribution < -0.4 is 10.6 Å². The summed E-state index contributed by atoms with van der Waals surface area (Å²) in [6.07, 6.45) is 4.25. The second-order valence-electron chi connectivity index (χ2n) is 12.0. The summed E-state index contributed by atoms with van der Waals surface area (Å²) >= 11 is 0. The Kier molecular flexibility index (Phi) is 7.97. The smallest absolute Gasteiger partial charge is 0.342 e. The maximum absolute atomic E-state index is 13.3. The van der Waals surface area contributed by atoms with E-state index in [4.69, 9.17) is 0 Å². The molecule has 212 valence electrons. The average molecular weight is 551 g/mol. The van der Waals surface area contributed by atoms with Crippen LogP contribution in [-0.4, -0.2) is 26.8 Å². The Labute approximate surface area is 241 Å². The molecule has 0 saturated heterocycles. The van der Waals surface area contributed by atoms with Crippen LogP contribution in [0.4, 0.5) is 10.5 Å². The van der Waals surface area contributed by atoms with Crippen LogP contribution in [-0.2, 0) is 12.0 Å². The number of nitrogens with one attached hydrogen (secondary N) is 2. The molecule has 41 heavy (non-hydrogen) atoms. The van der Waals surface area contributed by atoms with Gasteiger partial charge in [-0.25, -0.2) is 4.79 Å². The fourth-order valence-electron chi connectivity index (χ4n) is 5.31. The predicted molar refractivity (Wildman–Crippen MR) is 162 cm³/mol. The largest absolute Gasteiger partial charge is 0.507 e. The van der Waals surface area contributed by atoms with Gasteiger partial charge in [0.25, 0.3) is 5.91 Å². The number of rotatable bonds is 6. The Morgan fingerprint density at radius 3 is 2.27 bits per heavy atom. The summed E-state index contributed by atoms with van der Waals surface area (Å²) in [4.78, 5) is 26.1. The molecule has 1 aliphatic carbocycles. The van der Waals surface area contributed by atoms with Gasteiger partial charge in [0, 0.05) is 35.3 Å². The Hall–Kier alpha value is -4.39. The van der Waals surface area contributed by atoms with Gasteiger partial charge in [-0.2, -0.15) is 9.78 Å². The normalized spacial score (nSPS) is 13.8. The van der Waals surface area contributed by atoms with Crippen molar-refractivity contribution >= 4 is 17.6 Å². The Balaban J connectivity index is 1.34. The van der Waals surface area contributed by atoms with E-state index in [0.29, 0.717) is 29.1 Å². The molecule has 0 spiro atoms. The number of phenols is 1. The van der Waals surface area contributed by atoms with Gasteiger partial charge >= 0.3 is 6.03 Å². The van der Waals surface area contributed by atoms with Crippen molar-refractivity contribution in [2.75, 3.05) is 5.32 Å². The zero-order valence-electron chi connectivity index (χ0n) is 24.2. The second-order valence-corrected chi connectivity index (χ2v) is 12.0. The summed E-state index contributed by atoms with van der Waals surface area (Å²) < 4.78 is 1.45. The molecule has 0 unspecified atom stereocenters. The maximum Gasteiger partial charge on any atom is 0.342 e. The van der Waals surface area contributed by atoms with Gasteiger partial charge in [-0.1, -0.05) is 75.6 Å². The molecule has 0 radical (unpaired) electrons. The van der Waals surface area contributed by atoms with Gasteiger partial charge < -0.3 is 15.7 Å². The third-order valence-electron chi connectivity index (χ3n) is 7.81. The number of nitrogens with zero attached hydrogens (tertiary/aromatic N) is 2. The topological polar surface area (TPSA) is 96.3 Å². The molecule has 0 aliphatic heterocycles. The molecule has 1 aromatic heterocycles. The predicted octanol–water partition coefficient (Wildman–Crippen LogP) is 7.53. The number of aromatic nitrogens is 2. The van der Waals surface area contributed by atoms with E-state index in [1.54, 1.807) is 12.1 Å². The highest BCUT2D eigenvalue weighted by Crippen LogP contribution is 2.38. The van der Waals surface area contributed by atoms with E-state index < -0.39 is 0 Å². The van der Waals surface area contributed by atoms with Crippen molar-refractivity contribution in [3.05, 3.63) is 101 Å². The highest BCUT2D eigenvalue weighted by Gasteiger charge is 2.26. The summed E-state index contributed by atoms with van der Waals surface area (Å²) in [5.41, 5.74) is 6.22. The van der Waals surface area contributed by atoms with Crippen LogP contribution in [0.25, 0.3) is 11.3 Å². The molecule has 2 amide bonds. The van der Waals surface area contributed by atoms with Gasteiger partial charge in [-0.15, -0.1) is 0 Å². The molecular weight excluding hydrogens is 512 g/mol. The van der Waals surface area contributed by atoms with Crippen LogP contribution in [0.5, 0.6) is 5.75 Å². The van der Waals surface area contributed by atoms with Crippen LogP contribution in [0, 0.1) is 6.92 Å². The van der Waals surface area contributed by atoms with E-state index in [-0.39, 0.29) is 29.0 Å². The molecule has 1 aliphatic rings. The molecule has 1 heterocycles. The molecule has 3 aromatic carbocycles. The van der Waals surface area contributed by atoms with Crippen molar-refractivity contribution in [1.29, 1.82) is 0 Å². The van der Waals surface area contributed by atoms with Gasteiger partial charge in [0.1, 0.15) is 5.75 Å². The minimum Gasteiger partial charge on any atom is -0.507 e. The van der Waals surface area contributed by atoms with Crippen molar-refractivity contribution in [2.24, 2.45) is 0 Å². The first kappa shape index (κ1) is 28.1. The lowest BCUT2D eigenvalue weighted by atomic mass is 9.87. The molecular formula is C34H38N4O3. The lowest BCUT2D eigenvalue weighted by molar-refractivity contribution is 0.102. The molecule has 7 heteroatoms. The van der Waals surface area contributed by atoms with Crippen LogP contribution in [0.3, 0.4) is 0 Å². The van der Waals surface area contributed by atoms with E-state index in [0.717, 1.165) is 42.5 Å². The average Bonchev–Trinajstić information content (AvgIpc) is 3.63. The van der Waals surface area contributed by atoms with Gasteiger partial charge in [0.05, 0.1) is 11.4 Å². The third-order valence-corrected chi connectivity index (χ3v) is 7.81. The van der Waals surface area contributed by atoms with E-state index in [1.807, 2.05) is 61.5 Å². The van der Waals surface area contributed by atoms with Gasteiger partial charge in [-0.05, 0) is 66.6 Å². The number of aromatic hydroxyl groups is 1. The fraction of sp³-hybridized carbons (Fsp3) is 0.324. The van der Waals surface area contributed by atoms with E-state index in [9.17, 15) is 14.7 Å². The lowest BCUT2D eigenvalue weighted by Gasteiger charge is -2.19. The minimum atomic E-state index is -0.292. The standard InChI is InChI=1S/C34H38N4O3/c1-22-9-11-23(12-10-22)21-35-33(41)38-30(24-7-5-6-8-24)20-29(37-38)28-18-17-27(19-31(28)39)36-32(40)25-13-15-26(16-14-25)34(2,3)4/h9-20,24,39H,5-8,21H2,1-4H3,(H,35,41)(H,36,40). The second kappa shape index (κ2) is 11.6. The zero-order chi connectivity index (χ0) is 29.1. The van der Waals surface area contributed by atoms with Crippen molar-refractivity contribution < 1.29 is 14.7 Å². The van der Waals surface area contributed by atoms with Crippen LogP contribution in [0.2, 0.25) is 0 Å². The fourth-order valence-corrected chi connectivity index (χ4v) is 5.31. The highest BCUT2D eigenvalue weighted by atomic mass is 16.3. The van der Waals surface area contributed by atoms with Crippen LogP contribution >= 0.6 is 0 Å². The number of phenolic OH excluding ortho intramolecular Hbond substituents is 1. The zero-order valence-corrected chi connectivity index (χ0v) is 24.2. The quantitative estimate of drug-likeness (QED) is 0.231. The maximum atomic E-state index is 13.3. The van der Waals surface area contributed by atoms with E-state index in [1.165, 1.54) is 16.3 Å². The van der Waals surface area contributed by atoms with Crippen molar-refractivity contribution in [3.63, 3.8) is 0 Å². The number of aryl methyl sites for hydroxylation is 1. The summed E-state index contributed by atoms with van der Waals surface area (Å²) in [6, 6.07) is 22.2. The van der Waals surface area contributed by atoms with Crippen molar-refractivity contribution in [3.8, 4) is 17.0 Å². The third kappa shape index (κ3) is 6.51. The first-order valence-electron chi connectivity index (χ1n) is 14.3. The van der Waals surface area contributed by atoms with Gasteiger partial charge in [0.2, 0.25) is 0 Å². The summed E-state index contributed by atoms with van der Waals surface area (Å²) in [5.74, 6) is -0.0315. The summed E-state index contributed by atoms with van der Waals surface area (Å²) in [5, 5.41) is 21.4. The SMILES string of the molecule is Cc1ccc(CNC(=O)n2nc(-c3ccc(NC(=O)c4ccc(C(C)(C)C)cc4)cc3O)cc2C2CCCC2)cc1. The summed E-state index contributed by atoms with van der Waals surface area (Å²) in [7, 11) is 0. The molecule has 0 bridgehead atoms. The van der Waals surface area contributed by atoms with E-state index >= 15 is 0 Å². The van der Waals surface area contributed by atoms with Crippen LogP contribution in [0.1, 0.15) is 85.1 Å². The Morgan fingerprint density at radius 1 is 0.951 bits per heavy atom. The molecule has 1 fully saturated rings. The number of carbonyl (C=O) groups is 2. The molecule has 1 saturated carbocycles. The van der Waals surface area contributed by atoms with Crippen molar-refractivity contribution in [2.45, 2.75) is 71.3 Å². The lowest BCUT2D eigenvalue weighted by Crippen LogP contribution is -2.30. The first-order chi connectivity index (χ1) is 19.6. The van der Waals surface area contributed by atoms with E-state index in [2.05, 4.69) is 36.5 Å². The summed E-state index contributed by atoms with van der Waals surface area (Å²) in [6.45, 7) is 8.82. The van der Waals surface area contributed by atoms with Crippen molar-refractivity contribution in [1.82, 2.24) is 15.1 Å². The number of benzene rings is 3. The number of hydrogen-bond acceptors (Lipinski definition) is 4. The first-order valence-corrected chi connectivity index (χ1v) is 14.3. The molecule has 7 nitrogen and oxygen atoms in total. The van der Waals surface area contributed by atoms with Gasteiger partial charge in [-0.3, -0.25) is 4.79 Å². The van der Waals surface area contributed by atoms with Crippen LogP contribution in [0.15, 0.2) is 72.8 Å². The molecule has 5 rings (SSSR count). The monoisotopic (exact) mass is 550 g/mol. The number of hydrogen-bond donors (Lipinski definition) is 3. The Morgan fingerprint density at radius 2 is 1.63 bits per heavy atom. The minimum absolute atomic E-state index is 0.00298.